The molecule has 6 rings (SSSR count). The van der Waals surface area contributed by atoms with Gasteiger partial charge in [-0.25, -0.2) is 28.8 Å². The highest BCUT2D eigenvalue weighted by atomic mass is 16.2. The molecule has 0 heterocycles. The Kier molecular flexibility index (Phi) is 24.0. The van der Waals surface area contributed by atoms with Crippen LogP contribution in [0, 0.1) is 0 Å². The lowest BCUT2D eigenvalue weighted by Gasteiger charge is -2.25. The van der Waals surface area contributed by atoms with E-state index in [-0.39, 0.29) is 44.8 Å². The fraction of sp³-hybridized carbons (Fsp3) is 0.288. The van der Waals surface area contributed by atoms with E-state index in [1.165, 1.54) is 7.05 Å². The second-order valence-electron chi connectivity index (χ2n) is 18.6. The standard InChI is InChI=1S/C59H72N12O6/c1-60-54(72)62-38-49(32-43-20-8-2-9-21-43)68-56(74)64-40-51(34-45-24-12-4-13-25-45)70-58(76)66-42-53(36-47-28-16-6-17-29-47)71-59(77)65-41-52(35-46-26-14-5-15-27-46)69-57(75)63-39-50(33-44-22-10-3-11-23-44)67-55(73)61-37-48-30-18-7-19-31-48/h2-31,49-53H,32-42H2,1H3,(H2,60,62,72)(H2,61,67,73)(H2,63,69,75)(H2,64,68,74)(H2,65,71,77)(H2,66,70,76)/t49-,50-,51-,52-,53-/m0/s1. The smallest absolute Gasteiger partial charge is 0.315 e. The minimum atomic E-state index is -0.563. The summed E-state index contributed by atoms with van der Waals surface area (Å²) in [4.78, 5) is 79.5. The third kappa shape index (κ3) is 22.9. The first-order chi connectivity index (χ1) is 37.5. The van der Waals surface area contributed by atoms with Crippen LogP contribution in [0.15, 0.2) is 182 Å². The van der Waals surface area contributed by atoms with Gasteiger partial charge in [0.2, 0.25) is 0 Å². The fourth-order valence-corrected chi connectivity index (χ4v) is 8.49. The van der Waals surface area contributed by atoms with Crippen molar-refractivity contribution in [3.8, 4) is 0 Å². The Morgan fingerprint density at radius 1 is 0.273 bits per heavy atom. The van der Waals surface area contributed by atoms with E-state index in [4.69, 9.17) is 0 Å². The van der Waals surface area contributed by atoms with Crippen LogP contribution in [0.5, 0.6) is 0 Å². The molecule has 0 aromatic heterocycles. The van der Waals surface area contributed by atoms with Crippen molar-refractivity contribution >= 4 is 36.2 Å². The van der Waals surface area contributed by atoms with Crippen molar-refractivity contribution in [2.45, 2.75) is 68.9 Å². The van der Waals surface area contributed by atoms with Gasteiger partial charge in [-0.2, -0.15) is 0 Å². The van der Waals surface area contributed by atoms with Crippen molar-refractivity contribution in [1.29, 1.82) is 0 Å². The molecule has 0 aliphatic carbocycles. The maximum Gasteiger partial charge on any atom is 0.315 e. The summed E-state index contributed by atoms with van der Waals surface area (Å²) < 4.78 is 0. The molecule has 77 heavy (non-hydrogen) atoms. The van der Waals surface area contributed by atoms with Crippen LogP contribution in [0.3, 0.4) is 0 Å². The number of hydrogen-bond acceptors (Lipinski definition) is 6. The van der Waals surface area contributed by atoms with Gasteiger partial charge in [0.05, 0.1) is 30.2 Å². The van der Waals surface area contributed by atoms with Crippen LogP contribution in [-0.4, -0.2) is 106 Å². The summed E-state index contributed by atoms with van der Waals surface area (Å²) in [5.74, 6) is 0. The fourth-order valence-electron chi connectivity index (χ4n) is 8.49. The van der Waals surface area contributed by atoms with Crippen molar-refractivity contribution in [3.05, 3.63) is 215 Å². The van der Waals surface area contributed by atoms with Crippen LogP contribution in [0.4, 0.5) is 28.8 Å². The van der Waals surface area contributed by atoms with Gasteiger partial charge in [0.1, 0.15) is 0 Å². The number of nitrogens with one attached hydrogen (secondary N) is 12. The number of carbonyl (C=O) groups is 6. The van der Waals surface area contributed by atoms with Gasteiger partial charge in [-0.3, -0.25) is 0 Å². The molecule has 6 aromatic rings. The molecule has 0 radical (unpaired) electrons. The summed E-state index contributed by atoms with van der Waals surface area (Å²) in [6, 6.07) is 52.5. The zero-order valence-corrected chi connectivity index (χ0v) is 43.4. The lowest BCUT2D eigenvalue weighted by atomic mass is 10.1. The van der Waals surface area contributed by atoms with Crippen LogP contribution >= 0.6 is 0 Å². The average molecular weight is 1050 g/mol. The van der Waals surface area contributed by atoms with Crippen LogP contribution in [0.2, 0.25) is 0 Å². The third-order valence-corrected chi connectivity index (χ3v) is 12.4. The number of carbonyl (C=O) groups excluding carboxylic acids is 6. The Hall–Kier alpha value is -9.06. The predicted octanol–water partition coefficient (Wildman–Crippen LogP) is 5.67. The van der Waals surface area contributed by atoms with Crippen LogP contribution in [0.1, 0.15) is 33.4 Å². The van der Waals surface area contributed by atoms with Crippen LogP contribution in [0.25, 0.3) is 0 Å². The van der Waals surface area contributed by atoms with E-state index in [1.54, 1.807) is 0 Å². The molecule has 6 aromatic carbocycles. The lowest BCUT2D eigenvalue weighted by molar-refractivity contribution is 0.225. The summed E-state index contributed by atoms with van der Waals surface area (Å²) in [6.45, 7) is 0.847. The topological polar surface area (TPSA) is 247 Å². The third-order valence-electron chi connectivity index (χ3n) is 12.4. The van der Waals surface area contributed by atoms with Crippen molar-refractivity contribution in [2.75, 3.05) is 39.8 Å². The molecule has 0 fully saturated rings. The second kappa shape index (κ2) is 32.3. The molecular weight excluding hydrogens is 973 g/mol. The van der Waals surface area contributed by atoms with Crippen molar-refractivity contribution in [2.24, 2.45) is 0 Å². The molecule has 5 atom stereocenters. The van der Waals surface area contributed by atoms with Crippen LogP contribution < -0.4 is 63.8 Å². The first kappa shape index (κ1) is 57.2. The Morgan fingerprint density at radius 3 is 0.688 bits per heavy atom. The molecule has 12 amide bonds. The molecule has 404 valence electrons. The van der Waals surface area contributed by atoms with E-state index in [0.29, 0.717) is 38.6 Å². The predicted molar refractivity (Wildman–Crippen MR) is 300 cm³/mol. The van der Waals surface area contributed by atoms with Crippen LogP contribution in [-0.2, 0) is 38.6 Å². The van der Waals surface area contributed by atoms with Gasteiger partial charge in [0.25, 0.3) is 0 Å². The lowest BCUT2D eigenvalue weighted by Crippen LogP contribution is -2.56. The highest BCUT2D eigenvalue weighted by Gasteiger charge is 2.22. The molecule has 18 nitrogen and oxygen atoms in total. The molecule has 0 bridgehead atoms. The summed E-state index contributed by atoms with van der Waals surface area (Å²) >= 11 is 0. The van der Waals surface area contributed by atoms with Gasteiger partial charge in [0, 0.05) is 46.3 Å². The Labute approximate surface area is 451 Å². The van der Waals surface area contributed by atoms with Crippen molar-refractivity contribution < 1.29 is 28.8 Å². The zero-order valence-electron chi connectivity index (χ0n) is 43.4. The summed E-state index contributed by atoms with van der Waals surface area (Å²) in [5, 5.41) is 34.9. The summed E-state index contributed by atoms with van der Waals surface area (Å²) in [5.41, 5.74) is 5.74. The molecule has 12 N–H and O–H groups in total. The van der Waals surface area contributed by atoms with E-state index in [1.807, 2.05) is 182 Å². The maximum absolute atomic E-state index is 13.8. The van der Waals surface area contributed by atoms with Crippen molar-refractivity contribution in [1.82, 2.24) is 63.8 Å². The van der Waals surface area contributed by atoms with Gasteiger partial charge in [-0.15, -0.1) is 0 Å². The highest BCUT2D eigenvalue weighted by Crippen LogP contribution is 2.09. The Morgan fingerprint density at radius 2 is 0.468 bits per heavy atom. The Bertz CT molecular complexity index is 2690. The minimum Gasteiger partial charge on any atom is -0.341 e. The van der Waals surface area contributed by atoms with E-state index < -0.39 is 54.3 Å². The second-order valence-corrected chi connectivity index (χ2v) is 18.6. The van der Waals surface area contributed by atoms with Gasteiger partial charge in [-0.05, 0) is 65.5 Å². The molecular formula is C59H72N12O6. The normalized spacial score (nSPS) is 12.6. The maximum atomic E-state index is 13.8. The molecule has 0 aliphatic rings. The van der Waals surface area contributed by atoms with E-state index in [0.717, 1.165) is 33.4 Å². The highest BCUT2D eigenvalue weighted by molar-refractivity contribution is 5.78. The molecule has 0 unspecified atom stereocenters. The first-order valence-electron chi connectivity index (χ1n) is 26.0. The van der Waals surface area contributed by atoms with Gasteiger partial charge in [0.15, 0.2) is 0 Å². The largest absolute Gasteiger partial charge is 0.341 e. The summed E-state index contributed by atoms with van der Waals surface area (Å²) in [7, 11) is 1.52. The number of rotatable bonds is 27. The quantitative estimate of drug-likeness (QED) is 0.0310. The molecule has 0 aliphatic heterocycles. The van der Waals surface area contributed by atoms with Gasteiger partial charge in [-0.1, -0.05) is 182 Å². The van der Waals surface area contributed by atoms with Gasteiger partial charge >= 0.3 is 36.2 Å². The van der Waals surface area contributed by atoms with Gasteiger partial charge < -0.3 is 63.8 Å². The van der Waals surface area contributed by atoms with E-state index in [9.17, 15) is 28.8 Å². The molecule has 0 saturated heterocycles. The zero-order chi connectivity index (χ0) is 54.3. The SMILES string of the molecule is CNC(=O)NC[C@H](Cc1ccccc1)NC(=O)NC[C@H](Cc1ccccc1)NC(=O)NC[C@H](Cc1ccccc1)NC(=O)NC[C@H](Cc1ccccc1)NC(=O)NC[C@H](Cc1ccccc1)NC(=O)NCc1ccccc1. The number of hydrogen-bond donors (Lipinski definition) is 12. The molecule has 0 saturated carbocycles. The van der Waals surface area contributed by atoms with E-state index in [2.05, 4.69) is 63.8 Å². The monoisotopic (exact) mass is 1040 g/mol. The first-order valence-corrected chi connectivity index (χ1v) is 26.0. The average Bonchev–Trinajstić information content (AvgIpc) is 3.45. The number of amides is 12. The summed E-state index contributed by atoms with van der Waals surface area (Å²) in [6.07, 6.45) is 2.14. The number of benzene rings is 6. The minimum absolute atomic E-state index is 0.0518. The number of urea groups is 6. The molecule has 18 heteroatoms. The van der Waals surface area contributed by atoms with E-state index >= 15 is 0 Å². The Balaban J connectivity index is 1.05. The van der Waals surface area contributed by atoms with Crippen molar-refractivity contribution in [3.63, 3.8) is 0 Å². The molecule has 0 spiro atoms.